The number of fused-ring (bicyclic) bond motifs is 2. The molecule has 3 aromatic rings. The number of aromatic nitrogens is 3. The van der Waals surface area contributed by atoms with E-state index in [0.29, 0.717) is 27.9 Å². The Labute approximate surface area is 221 Å². The van der Waals surface area contributed by atoms with Gasteiger partial charge in [-0.15, -0.1) is 11.3 Å². The van der Waals surface area contributed by atoms with E-state index in [2.05, 4.69) is 30.1 Å². The van der Waals surface area contributed by atoms with Crippen LogP contribution in [0.1, 0.15) is 15.5 Å². The minimum absolute atomic E-state index is 0.0401. The SMILES string of the molecule is Cc1nc2c(s1)N(C)c1nc(Nc3ccc(N4CCN(C)CC4)cc3OCC(F)(F)F)ncc1N(C)C2=O. The molecule has 0 aliphatic carbocycles. The van der Waals surface area contributed by atoms with Gasteiger partial charge in [-0.25, -0.2) is 9.97 Å². The van der Waals surface area contributed by atoms with Crippen LogP contribution in [0.15, 0.2) is 24.4 Å². The molecule has 2 aromatic heterocycles. The van der Waals surface area contributed by atoms with E-state index < -0.39 is 12.8 Å². The number of piperazine rings is 1. The first-order valence-corrected chi connectivity index (χ1v) is 12.7. The van der Waals surface area contributed by atoms with Crippen LogP contribution in [0, 0.1) is 6.92 Å². The van der Waals surface area contributed by atoms with Gasteiger partial charge in [0.25, 0.3) is 5.91 Å². The topological polar surface area (TPSA) is 90.0 Å². The number of hydrogen-bond donors (Lipinski definition) is 1. The molecule has 202 valence electrons. The number of ether oxygens (including phenoxy) is 1. The van der Waals surface area contributed by atoms with Crippen molar-refractivity contribution in [2.75, 3.05) is 73.9 Å². The fourth-order valence-corrected chi connectivity index (χ4v) is 5.20. The normalized spacial score (nSPS) is 16.3. The molecule has 14 heteroatoms. The van der Waals surface area contributed by atoms with Crippen molar-refractivity contribution in [3.05, 3.63) is 35.1 Å². The molecular weight excluding hydrogens is 521 g/mol. The van der Waals surface area contributed by atoms with Crippen LogP contribution >= 0.6 is 11.3 Å². The maximum Gasteiger partial charge on any atom is 0.422 e. The Balaban J connectivity index is 1.47. The Bertz CT molecular complexity index is 1360. The van der Waals surface area contributed by atoms with E-state index in [9.17, 15) is 18.0 Å². The lowest BCUT2D eigenvalue weighted by atomic mass is 10.2. The molecule has 5 rings (SSSR count). The fourth-order valence-electron chi connectivity index (χ4n) is 4.33. The number of halogens is 3. The lowest BCUT2D eigenvalue weighted by molar-refractivity contribution is -0.153. The van der Waals surface area contributed by atoms with Crippen molar-refractivity contribution < 1.29 is 22.7 Å². The molecule has 2 aliphatic heterocycles. The first-order chi connectivity index (χ1) is 18.0. The van der Waals surface area contributed by atoms with Gasteiger partial charge in [-0.2, -0.15) is 18.2 Å². The predicted molar refractivity (Wildman–Crippen MR) is 141 cm³/mol. The molecule has 0 saturated carbocycles. The van der Waals surface area contributed by atoms with Crippen LogP contribution in [-0.2, 0) is 0 Å². The number of rotatable bonds is 5. The number of likely N-dealkylation sites (N-methyl/N-ethyl adjacent to an activating group) is 1. The number of nitrogens with one attached hydrogen (secondary N) is 1. The Morgan fingerprint density at radius 3 is 2.53 bits per heavy atom. The van der Waals surface area contributed by atoms with Crippen molar-refractivity contribution in [2.45, 2.75) is 13.1 Å². The first-order valence-electron chi connectivity index (χ1n) is 11.9. The third-order valence-corrected chi connectivity index (χ3v) is 7.48. The largest absolute Gasteiger partial charge is 0.482 e. The fraction of sp³-hybridized carbons (Fsp3) is 0.417. The Morgan fingerprint density at radius 2 is 1.82 bits per heavy atom. The maximum absolute atomic E-state index is 13.0. The summed E-state index contributed by atoms with van der Waals surface area (Å²) in [5.74, 6) is 0.359. The molecular formula is C24H27F3N8O2S. The van der Waals surface area contributed by atoms with Gasteiger partial charge < -0.3 is 29.7 Å². The highest BCUT2D eigenvalue weighted by Gasteiger charge is 2.33. The van der Waals surface area contributed by atoms with Crippen LogP contribution in [0.3, 0.4) is 0 Å². The van der Waals surface area contributed by atoms with E-state index in [0.717, 1.165) is 36.9 Å². The van der Waals surface area contributed by atoms with Crippen LogP contribution < -0.4 is 24.8 Å². The summed E-state index contributed by atoms with van der Waals surface area (Å²) in [6, 6.07) is 5.11. The van der Waals surface area contributed by atoms with Gasteiger partial charge in [-0.1, -0.05) is 0 Å². The summed E-state index contributed by atoms with van der Waals surface area (Å²) in [4.78, 5) is 33.8. The third-order valence-electron chi connectivity index (χ3n) is 6.43. The molecule has 1 fully saturated rings. The van der Waals surface area contributed by atoms with Crippen LogP contribution in [-0.4, -0.2) is 85.9 Å². The molecule has 4 heterocycles. The van der Waals surface area contributed by atoms with Crippen LogP contribution in [0.4, 0.5) is 47.0 Å². The molecule has 1 N–H and O–H groups in total. The van der Waals surface area contributed by atoms with Gasteiger partial charge in [0.15, 0.2) is 18.1 Å². The summed E-state index contributed by atoms with van der Waals surface area (Å²) in [6.45, 7) is 3.62. The average Bonchev–Trinajstić information content (AvgIpc) is 3.25. The molecule has 2 aliphatic rings. The quantitative estimate of drug-likeness (QED) is 0.508. The van der Waals surface area contributed by atoms with Gasteiger partial charge >= 0.3 is 6.18 Å². The lowest BCUT2D eigenvalue weighted by Gasteiger charge is -2.34. The number of carbonyl (C=O) groups is 1. The van der Waals surface area contributed by atoms with Crippen molar-refractivity contribution in [1.29, 1.82) is 0 Å². The average molecular weight is 549 g/mol. The van der Waals surface area contributed by atoms with Gasteiger partial charge in [0, 0.05) is 52.0 Å². The molecule has 10 nitrogen and oxygen atoms in total. The number of thiazole rings is 1. The van der Waals surface area contributed by atoms with E-state index in [-0.39, 0.29) is 17.6 Å². The van der Waals surface area contributed by atoms with Gasteiger partial charge in [0.2, 0.25) is 5.95 Å². The zero-order valence-electron chi connectivity index (χ0n) is 21.3. The number of anilines is 6. The number of benzene rings is 1. The summed E-state index contributed by atoms with van der Waals surface area (Å²) in [7, 11) is 5.43. The van der Waals surface area contributed by atoms with E-state index in [4.69, 9.17) is 4.74 Å². The highest BCUT2D eigenvalue weighted by Crippen LogP contribution is 2.41. The van der Waals surface area contributed by atoms with Crippen LogP contribution in [0.2, 0.25) is 0 Å². The molecule has 0 unspecified atom stereocenters. The van der Waals surface area contributed by atoms with Crippen molar-refractivity contribution in [3.63, 3.8) is 0 Å². The molecule has 0 radical (unpaired) electrons. The molecule has 0 bridgehead atoms. The summed E-state index contributed by atoms with van der Waals surface area (Å²) >= 11 is 1.37. The third kappa shape index (κ3) is 5.18. The number of nitrogens with zero attached hydrogens (tertiary/aromatic N) is 7. The highest BCUT2D eigenvalue weighted by molar-refractivity contribution is 7.16. The van der Waals surface area contributed by atoms with Gasteiger partial charge in [0.05, 0.1) is 16.9 Å². The number of hydrogen-bond acceptors (Lipinski definition) is 10. The smallest absolute Gasteiger partial charge is 0.422 e. The summed E-state index contributed by atoms with van der Waals surface area (Å²) in [5, 5.41) is 4.40. The second-order valence-electron chi connectivity index (χ2n) is 9.21. The number of aryl methyl sites for hydroxylation is 1. The maximum atomic E-state index is 13.0. The zero-order valence-corrected chi connectivity index (χ0v) is 22.2. The minimum Gasteiger partial charge on any atom is -0.482 e. The van der Waals surface area contributed by atoms with Crippen molar-refractivity contribution in [3.8, 4) is 5.75 Å². The highest BCUT2D eigenvalue weighted by atomic mass is 32.1. The van der Waals surface area contributed by atoms with E-state index >= 15 is 0 Å². The van der Waals surface area contributed by atoms with E-state index in [1.807, 2.05) is 20.0 Å². The summed E-state index contributed by atoms with van der Waals surface area (Å²) in [6.07, 6.45) is -3.00. The van der Waals surface area contributed by atoms with Crippen molar-refractivity contribution in [2.24, 2.45) is 0 Å². The van der Waals surface area contributed by atoms with Crippen LogP contribution in [0.25, 0.3) is 0 Å². The van der Waals surface area contributed by atoms with E-state index in [1.165, 1.54) is 22.4 Å². The zero-order chi connectivity index (χ0) is 27.2. The number of carbonyl (C=O) groups excluding carboxylic acids is 1. The molecule has 0 spiro atoms. The molecule has 1 saturated heterocycles. The van der Waals surface area contributed by atoms with Crippen molar-refractivity contribution >= 4 is 51.1 Å². The molecule has 0 atom stereocenters. The van der Waals surface area contributed by atoms with Gasteiger partial charge in [-0.3, -0.25) is 4.79 Å². The monoisotopic (exact) mass is 548 g/mol. The first kappa shape index (κ1) is 26.0. The van der Waals surface area contributed by atoms with Crippen molar-refractivity contribution in [1.82, 2.24) is 19.9 Å². The summed E-state index contributed by atoms with van der Waals surface area (Å²) < 4.78 is 44.3. The number of amides is 1. The second-order valence-corrected chi connectivity index (χ2v) is 10.4. The Morgan fingerprint density at radius 1 is 1.08 bits per heavy atom. The molecule has 38 heavy (non-hydrogen) atoms. The molecule has 1 aromatic carbocycles. The van der Waals surface area contributed by atoms with Gasteiger partial charge in [-0.05, 0) is 26.1 Å². The minimum atomic E-state index is -4.49. The summed E-state index contributed by atoms with van der Waals surface area (Å²) in [5.41, 5.74) is 1.87. The number of alkyl halides is 3. The Hall–Kier alpha value is -3.65. The van der Waals surface area contributed by atoms with E-state index in [1.54, 1.807) is 31.1 Å². The standard InChI is InChI=1S/C24H27F3N8O2S/c1-14-29-19-21(36)33(3)17-12-28-23(31-20(17)34(4)22(19)38-14)30-16-6-5-15(35-9-7-32(2)8-10-35)11-18(16)37-13-24(25,26)27/h5-6,11-12H,7-10,13H2,1-4H3,(H,28,30,31). The van der Waals surface area contributed by atoms with Crippen LogP contribution in [0.5, 0.6) is 5.75 Å². The predicted octanol–water partition coefficient (Wildman–Crippen LogP) is 4.04. The molecule has 1 amide bonds. The van der Waals surface area contributed by atoms with Gasteiger partial charge in [0.1, 0.15) is 16.4 Å². The second kappa shape index (κ2) is 9.91. The Kier molecular flexibility index (Phi) is 6.77. The lowest BCUT2D eigenvalue weighted by Crippen LogP contribution is -2.44.